The number of hydrogen-bond donors (Lipinski definition) is 0. The molecule has 0 unspecified atom stereocenters. The fourth-order valence-corrected chi connectivity index (χ4v) is 1.61. The van der Waals surface area contributed by atoms with Crippen molar-refractivity contribution in [1.29, 1.82) is 5.26 Å². The van der Waals surface area contributed by atoms with E-state index in [0.717, 1.165) is 5.56 Å². The number of benzene rings is 1. The van der Waals surface area contributed by atoms with Crippen LogP contribution >= 0.6 is 11.6 Å². The quantitative estimate of drug-likeness (QED) is 0.628. The van der Waals surface area contributed by atoms with Gasteiger partial charge in [0.2, 0.25) is 0 Å². The second-order valence-corrected chi connectivity index (χ2v) is 4.00. The van der Waals surface area contributed by atoms with Gasteiger partial charge in [-0.05, 0) is 22.6 Å². The number of hydrogen-bond acceptors (Lipinski definition) is 4. The van der Waals surface area contributed by atoms with E-state index < -0.39 is 10.7 Å². The van der Waals surface area contributed by atoms with Crippen LogP contribution in [0.2, 0.25) is 5.02 Å². The van der Waals surface area contributed by atoms with E-state index in [4.69, 9.17) is 16.9 Å². The van der Waals surface area contributed by atoms with E-state index in [0.29, 0.717) is 11.6 Å². The van der Waals surface area contributed by atoms with Crippen LogP contribution in [0, 0.1) is 21.4 Å². The van der Waals surface area contributed by atoms with Gasteiger partial charge in [0.15, 0.2) is 5.56 Å². The Morgan fingerprint density at radius 1 is 1.44 bits per heavy atom. The molecule has 1 heterocycles. The normalized spacial score (nSPS) is 10.0. The van der Waals surface area contributed by atoms with Crippen LogP contribution in [0.25, 0.3) is 0 Å². The second kappa shape index (κ2) is 4.85. The van der Waals surface area contributed by atoms with E-state index in [1.54, 1.807) is 30.3 Å². The summed E-state index contributed by atoms with van der Waals surface area (Å²) in [6.45, 7) is 0.347. The first kappa shape index (κ1) is 12.1. The summed E-state index contributed by atoms with van der Waals surface area (Å²) in [5.74, 6) is -0.425. The van der Waals surface area contributed by atoms with Crippen molar-refractivity contribution in [1.82, 2.24) is 9.78 Å². The van der Waals surface area contributed by atoms with Crippen molar-refractivity contribution in [3.8, 4) is 6.07 Å². The minimum atomic E-state index is -0.670. The average Bonchev–Trinajstić information content (AvgIpc) is 2.75. The number of rotatable bonds is 3. The highest BCUT2D eigenvalue weighted by atomic mass is 35.5. The molecule has 2 aromatic rings. The molecule has 7 heteroatoms. The molecule has 0 amide bonds. The molecule has 0 aliphatic carbocycles. The fourth-order valence-electron chi connectivity index (χ4n) is 1.48. The third-order valence-electron chi connectivity index (χ3n) is 2.29. The van der Waals surface area contributed by atoms with E-state index in [9.17, 15) is 10.1 Å². The Bertz CT molecular complexity index is 627. The molecule has 0 N–H and O–H groups in total. The maximum Gasteiger partial charge on any atom is 0.407 e. The lowest BCUT2D eigenvalue weighted by Crippen LogP contribution is -2.00. The summed E-state index contributed by atoms with van der Waals surface area (Å²) in [6.07, 6.45) is 1.35. The van der Waals surface area contributed by atoms with Gasteiger partial charge in [-0.2, -0.15) is 9.94 Å². The summed E-state index contributed by atoms with van der Waals surface area (Å²) in [5, 5.41) is 23.8. The Hall–Kier alpha value is -2.39. The zero-order valence-corrected chi connectivity index (χ0v) is 9.83. The van der Waals surface area contributed by atoms with Crippen LogP contribution in [0.1, 0.15) is 11.1 Å². The first-order chi connectivity index (χ1) is 8.60. The summed E-state index contributed by atoms with van der Waals surface area (Å²) in [4.78, 5) is 9.98. The molecule has 0 fully saturated rings. The molecule has 0 bridgehead atoms. The zero-order chi connectivity index (χ0) is 13.1. The molecule has 2 rings (SSSR count). The van der Waals surface area contributed by atoms with E-state index in [-0.39, 0.29) is 5.56 Å². The molecule has 0 spiro atoms. The predicted molar refractivity (Wildman–Crippen MR) is 64.2 cm³/mol. The van der Waals surface area contributed by atoms with Crippen LogP contribution < -0.4 is 0 Å². The Morgan fingerprint density at radius 3 is 2.61 bits per heavy atom. The smallest absolute Gasteiger partial charge is 0.358 e. The van der Waals surface area contributed by atoms with Gasteiger partial charge in [-0.25, -0.2) is 0 Å². The van der Waals surface area contributed by atoms with E-state index in [2.05, 4.69) is 5.10 Å². The largest absolute Gasteiger partial charge is 0.407 e. The van der Waals surface area contributed by atoms with Gasteiger partial charge in [0.25, 0.3) is 0 Å². The maximum absolute atomic E-state index is 10.7. The van der Waals surface area contributed by atoms with Gasteiger partial charge in [-0.3, -0.25) is 0 Å². The van der Waals surface area contributed by atoms with Crippen molar-refractivity contribution in [2.45, 2.75) is 6.54 Å². The molecule has 90 valence electrons. The van der Waals surface area contributed by atoms with Crippen LogP contribution in [0.15, 0.2) is 30.5 Å². The van der Waals surface area contributed by atoms with Crippen LogP contribution in [0.4, 0.5) is 5.82 Å². The van der Waals surface area contributed by atoms with Gasteiger partial charge in [0.1, 0.15) is 6.07 Å². The Morgan fingerprint density at radius 2 is 2.11 bits per heavy atom. The van der Waals surface area contributed by atoms with E-state index >= 15 is 0 Å². The molecule has 1 aromatic carbocycles. The van der Waals surface area contributed by atoms with Crippen LogP contribution in [0.3, 0.4) is 0 Å². The van der Waals surface area contributed by atoms with Gasteiger partial charge in [-0.1, -0.05) is 23.7 Å². The number of halogens is 1. The minimum Gasteiger partial charge on any atom is -0.358 e. The first-order valence-electron chi connectivity index (χ1n) is 4.96. The lowest BCUT2D eigenvalue weighted by Gasteiger charge is -1.97. The maximum atomic E-state index is 10.7. The third-order valence-corrected chi connectivity index (χ3v) is 2.55. The summed E-state index contributed by atoms with van der Waals surface area (Å²) >= 11 is 5.75. The summed E-state index contributed by atoms with van der Waals surface area (Å²) in [6, 6.07) is 8.78. The van der Waals surface area contributed by atoms with Crippen molar-refractivity contribution in [3.63, 3.8) is 0 Å². The SMILES string of the molecule is N#Cc1cn(Cc2ccc(Cl)cc2)nc1[N+](=O)[O-]. The topological polar surface area (TPSA) is 84.8 Å². The highest BCUT2D eigenvalue weighted by molar-refractivity contribution is 6.30. The Balaban J connectivity index is 2.28. The van der Waals surface area contributed by atoms with Gasteiger partial charge in [0.05, 0.1) is 17.8 Å². The standard InChI is InChI=1S/C11H7ClN4O2/c12-10-3-1-8(2-4-10)6-15-7-9(5-13)11(14-15)16(17)18/h1-4,7H,6H2. The van der Waals surface area contributed by atoms with Gasteiger partial charge in [0, 0.05) is 5.02 Å². The highest BCUT2D eigenvalue weighted by Crippen LogP contribution is 2.16. The molecule has 0 radical (unpaired) electrons. The molecule has 0 aliphatic heterocycles. The lowest BCUT2D eigenvalue weighted by molar-refractivity contribution is -0.390. The Kier molecular flexibility index (Phi) is 3.26. The first-order valence-corrected chi connectivity index (χ1v) is 5.34. The predicted octanol–water partition coefficient (Wildman–Crippen LogP) is 2.36. The second-order valence-electron chi connectivity index (χ2n) is 3.56. The summed E-state index contributed by atoms with van der Waals surface area (Å²) in [5.41, 5.74) is 0.843. The van der Waals surface area contributed by atoms with Crippen LogP contribution in [0.5, 0.6) is 0 Å². The minimum absolute atomic E-state index is 0.0473. The van der Waals surface area contributed by atoms with Crippen molar-refractivity contribution in [3.05, 3.63) is 56.7 Å². The van der Waals surface area contributed by atoms with Crippen molar-refractivity contribution in [2.24, 2.45) is 0 Å². The van der Waals surface area contributed by atoms with Crippen molar-refractivity contribution >= 4 is 17.4 Å². The monoisotopic (exact) mass is 262 g/mol. The number of aromatic nitrogens is 2. The molecular weight excluding hydrogens is 256 g/mol. The lowest BCUT2D eigenvalue weighted by atomic mass is 10.2. The molecule has 18 heavy (non-hydrogen) atoms. The van der Waals surface area contributed by atoms with Gasteiger partial charge >= 0.3 is 5.82 Å². The highest BCUT2D eigenvalue weighted by Gasteiger charge is 2.20. The van der Waals surface area contributed by atoms with Gasteiger partial charge in [-0.15, -0.1) is 0 Å². The summed E-state index contributed by atoms with van der Waals surface area (Å²) < 4.78 is 1.36. The van der Waals surface area contributed by atoms with Crippen molar-refractivity contribution in [2.75, 3.05) is 0 Å². The molecule has 1 aromatic heterocycles. The molecule has 0 aliphatic rings. The number of nitriles is 1. The van der Waals surface area contributed by atoms with Gasteiger partial charge < -0.3 is 10.1 Å². The number of nitrogens with zero attached hydrogens (tertiary/aromatic N) is 4. The molecule has 0 saturated carbocycles. The number of nitro groups is 1. The molecule has 0 saturated heterocycles. The summed E-state index contributed by atoms with van der Waals surface area (Å²) in [7, 11) is 0. The van der Waals surface area contributed by atoms with E-state index in [1.165, 1.54) is 10.9 Å². The van der Waals surface area contributed by atoms with Crippen LogP contribution in [-0.4, -0.2) is 14.7 Å². The Labute approximate surface area is 107 Å². The fraction of sp³-hybridized carbons (Fsp3) is 0.0909. The molecule has 6 nitrogen and oxygen atoms in total. The van der Waals surface area contributed by atoms with Crippen LogP contribution in [-0.2, 0) is 6.54 Å². The van der Waals surface area contributed by atoms with Crippen molar-refractivity contribution < 1.29 is 4.92 Å². The third kappa shape index (κ3) is 2.47. The molecule has 0 atom stereocenters. The zero-order valence-electron chi connectivity index (χ0n) is 9.08. The average molecular weight is 263 g/mol. The van der Waals surface area contributed by atoms with E-state index in [1.807, 2.05) is 0 Å². The molecular formula is C11H7ClN4O2.